The molecule has 0 spiro atoms. The third kappa shape index (κ3) is 2.65. The summed E-state index contributed by atoms with van der Waals surface area (Å²) in [5, 5.41) is 4.52. The number of benzene rings is 2. The van der Waals surface area contributed by atoms with Gasteiger partial charge in [0.1, 0.15) is 0 Å². The highest BCUT2D eigenvalue weighted by molar-refractivity contribution is 6.42. The molecule has 0 saturated carbocycles. The Balaban J connectivity index is 1.78. The van der Waals surface area contributed by atoms with Gasteiger partial charge in [-0.2, -0.15) is 0 Å². The molecule has 104 valence electrons. The number of nitrogens with one attached hydrogen (secondary N) is 1. The van der Waals surface area contributed by atoms with Crippen LogP contribution in [0.1, 0.15) is 18.5 Å². The van der Waals surface area contributed by atoms with Crippen LogP contribution in [0.15, 0.2) is 36.4 Å². The van der Waals surface area contributed by atoms with Gasteiger partial charge in [0.05, 0.1) is 10.0 Å². The van der Waals surface area contributed by atoms with Crippen LogP contribution in [0.4, 0.5) is 5.69 Å². The Bertz CT molecular complexity index is 646. The molecular weight excluding hydrogens is 297 g/mol. The largest absolute Gasteiger partial charge is 0.454 e. The number of rotatable bonds is 3. The topological polar surface area (TPSA) is 30.5 Å². The van der Waals surface area contributed by atoms with Crippen molar-refractivity contribution < 1.29 is 9.47 Å². The van der Waals surface area contributed by atoms with Gasteiger partial charge in [0.25, 0.3) is 0 Å². The zero-order valence-corrected chi connectivity index (χ0v) is 12.3. The summed E-state index contributed by atoms with van der Waals surface area (Å²) in [7, 11) is 0. The average molecular weight is 310 g/mol. The third-order valence-corrected chi connectivity index (χ3v) is 3.94. The molecule has 0 radical (unpaired) electrons. The molecule has 3 nitrogen and oxygen atoms in total. The van der Waals surface area contributed by atoms with Crippen molar-refractivity contribution in [1.82, 2.24) is 0 Å². The summed E-state index contributed by atoms with van der Waals surface area (Å²) in [5.74, 6) is 1.54. The molecule has 0 fully saturated rings. The molecule has 3 rings (SSSR count). The number of hydrogen-bond acceptors (Lipinski definition) is 3. The van der Waals surface area contributed by atoms with Crippen molar-refractivity contribution in [3.8, 4) is 11.5 Å². The van der Waals surface area contributed by atoms with E-state index in [1.165, 1.54) is 0 Å². The van der Waals surface area contributed by atoms with E-state index in [2.05, 4.69) is 12.2 Å². The monoisotopic (exact) mass is 309 g/mol. The van der Waals surface area contributed by atoms with E-state index < -0.39 is 0 Å². The maximum Gasteiger partial charge on any atom is 0.231 e. The quantitative estimate of drug-likeness (QED) is 0.875. The van der Waals surface area contributed by atoms with Crippen molar-refractivity contribution in [3.63, 3.8) is 0 Å². The zero-order valence-electron chi connectivity index (χ0n) is 10.8. The maximum atomic E-state index is 6.04. The minimum atomic E-state index is 0.102. The fourth-order valence-corrected chi connectivity index (χ4v) is 2.41. The molecule has 5 heteroatoms. The van der Waals surface area contributed by atoms with E-state index in [1.807, 2.05) is 30.3 Å². The Labute approximate surface area is 127 Å². The van der Waals surface area contributed by atoms with Gasteiger partial charge < -0.3 is 14.8 Å². The van der Waals surface area contributed by atoms with Crippen molar-refractivity contribution >= 4 is 28.9 Å². The second-order valence-corrected chi connectivity index (χ2v) is 5.42. The SMILES string of the molecule is CC(Nc1ccc2c(c1)OCO2)c1ccc(Cl)c(Cl)c1. The second kappa shape index (κ2) is 5.43. The third-order valence-electron chi connectivity index (χ3n) is 3.20. The van der Waals surface area contributed by atoms with E-state index in [-0.39, 0.29) is 12.8 Å². The lowest BCUT2D eigenvalue weighted by atomic mass is 10.1. The molecule has 0 bridgehead atoms. The smallest absolute Gasteiger partial charge is 0.231 e. The molecule has 1 heterocycles. The minimum Gasteiger partial charge on any atom is -0.454 e. The highest BCUT2D eigenvalue weighted by atomic mass is 35.5. The summed E-state index contributed by atoms with van der Waals surface area (Å²) in [6, 6.07) is 11.5. The standard InChI is InChI=1S/C15H13Cl2NO2/c1-9(10-2-4-12(16)13(17)6-10)18-11-3-5-14-15(7-11)20-8-19-14/h2-7,9,18H,8H2,1H3. The summed E-state index contributed by atoms with van der Waals surface area (Å²) in [4.78, 5) is 0. The van der Waals surface area contributed by atoms with E-state index in [4.69, 9.17) is 32.7 Å². The Morgan fingerprint density at radius 3 is 2.60 bits per heavy atom. The van der Waals surface area contributed by atoms with E-state index in [0.717, 1.165) is 22.7 Å². The van der Waals surface area contributed by atoms with Gasteiger partial charge in [-0.15, -0.1) is 0 Å². The summed E-state index contributed by atoms with van der Waals surface area (Å²) in [6.45, 7) is 2.34. The molecule has 1 N–H and O–H groups in total. The van der Waals surface area contributed by atoms with Crippen molar-refractivity contribution in [1.29, 1.82) is 0 Å². The van der Waals surface area contributed by atoms with Gasteiger partial charge in [-0.25, -0.2) is 0 Å². The Hall–Kier alpha value is -1.58. The second-order valence-electron chi connectivity index (χ2n) is 4.61. The molecule has 1 aliphatic rings. The lowest BCUT2D eigenvalue weighted by Crippen LogP contribution is -2.06. The first-order chi connectivity index (χ1) is 9.63. The summed E-state index contributed by atoms with van der Waals surface area (Å²) in [6.07, 6.45) is 0. The van der Waals surface area contributed by atoms with Gasteiger partial charge >= 0.3 is 0 Å². The number of ether oxygens (including phenoxy) is 2. The molecule has 2 aromatic rings. The van der Waals surface area contributed by atoms with Crippen molar-refractivity contribution in [2.45, 2.75) is 13.0 Å². The van der Waals surface area contributed by atoms with Crippen LogP contribution < -0.4 is 14.8 Å². The number of halogens is 2. The molecule has 20 heavy (non-hydrogen) atoms. The van der Waals surface area contributed by atoms with Crippen LogP contribution in [0, 0.1) is 0 Å². The van der Waals surface area contributed by atoms with Crippen LogP contribution in [-0.2, 0) is 0 Å². The highest BCUT2D eigenvalue weighted by Crippen LogP contribution is 2.35. The Morgan fingerprint density at radius 1 is 1.00 bits per heavy atom. The van der Waals surface area contributed by atoms with Crippen LogP contribution >= 0.6 is 23.2 Å². The summed E-state index contributed by atoms with van der Waals surface area (Å²) in [5.41, 5.74) is 2.03. The molecule has 0 saturated heterocycles. The van der Waals surface area contributed by atoms with Gasteiger partial charge in [-0.3, -0.25) is 0 Å². The van der Waals surface area contributed by atoms with Crippen LogP contribution in [0.3, 0.4) is 0 Å². The van der Waals surface area contributed by atoms with Gasteiger partial charge in [-0.1, -0.05) is 29.3 Å². The van der Waals surface area contributed by atoms with Gasteiger partial charge in [0.15, 0.2) is 11.5 Å². The van der Waals surface area contributed by atoms with Crippen molar-refractivity contribution in [2.24, 2.45) is 0 Å². The minimum absolute atomic E-state index is 0.102. The predicted octanol–water partition coefficient (Wildman–Crippen LogP) is 4.90. The van der Waals surface area contributed by atoms with Crippen LogP contribution in [0.25, 0.3) is 0 Å². The van der Waals surface area contributed by atoms with Crippen molar-refractivity contribution in [2.75, 3.05) is 12.1 Å². The maximum absolute atomic E-state index is 6.04. The predicted molar refractivity (Wildman–Crippen MR) is 81.1 cm³/mol. The first-order valence-electron chi connectivity index (χ1n) is 6.24. The number of fused-ring (bicyclic) bond motifs is 1. The highest BCUT2D eigenvalue weighted by Gasteiger charge is 2.14. The first kappa shape index (κ1) is 13.4. The Morgan fingerprint density at radius 2 is 1.80 bits per heavy atom. The van der Waals surface area contributed by atoms with E-state index in [0.29, 0.717) is 10.0 Å². The molecular formula is C15H13Cl2NO2. The average Bonchev–Trinajstić information content (AvgIpc) is 2.89. The van der Waals surface area contributed by atoms with Crippen molar-refractivity contribution in [3.05, 3.63) is 52.0 Å². The summed E-state index contributed by atoms with van der Waals surface area (Å²) >= 11 is 12.0. The molecule has 1 aliphatic heterocycles. The number of anilines is 1. The normalized spacial score (nSPS) is 14.2. The van der Waals surface area contributed by atoms with Crippen LogP contribution in [-0.4, -0.2) is 6.79 Å². The van der Waals surface area contributed by atoms with E-state index >= 15 is 0 Å². The van der Waals surface area contributed by atoms with E-state index in [9.17, 15) is 0 Å². The molecule has 2 aromatic carbocycles. The zero-order chi connectivity index (χ0) is 14.1. The first-order valence-corrected chi connectivity index (χ1v) is 7.00. The molecule has 0 amide bonds. The lowest BCUT2D eigenvalue weighted by molar-refractivity contribution is 0.174. The Kier molecular flexibility index (Phi) is 3.64. The van der Waals surface area contributed by atoms with E-state index in [1.54, 1.807) is 6.07 Å². The van der Waals surface area contributed by atoms with Crippen LogP contribution in [0.5, 0.6) is 11.5 Å². The van der Waals surface area contributed by atoms with Gasteiger partial charge in [0.2, 0.25) is 6.79 Å². The molecule has 0 aromatic heterocycles. The molecule has 0 aliphatic carbocycles. The molecule has 1 atom stereocenters. The van der Waals surface area contributed by atoms with Gasteiger partial charge in [-0.05, 0) is 36.8 Å². The number of hydrogen-bond donors (Lipinski definition) is 1. The lowest BCUT2D eigenvalue weighted by Gasteiger charge is -2.16. The summed E-state index contributed by atoms with van der Waals surface area (Å²) < 4.78 is 10.7. The molecule has 1 unspecified atom stereocenters. The van der Waals surface area contributed by atoms with Crippen LogP contribution in [0.2, 0.25) is 10.0 Å². The van der Waals surface area contributed by atoms with Gasteiger partial charge in [0, 0.05) is 17.8 Å². The fourth-order valence-electron chi connectivity index (χ4n) is 2.10. The fraction of sp³-hybridized carbons (Fsp3) is 0.200.